The summed E-state index contributed by atoms with van der Waals surface area (Å²) in [4.78, 5) is 25.3. The number of fused-ring (bicyclic) bond motifs is 1. The number of nitrogens with one attached hydrogen (secondary N) is 2. The van der Waals surface area contributed by atoms with Crippen molar-refractivity contribution in [3.05, 3.63) is 60.1 Å². The Hall–Kier alpha value is -3.15. The summed E-state index contributed by atoms with van der Waals surface area (Å²) >= 11 is 0. The van der Waals surface area contributed by atoms with Gasteiger partial charge in [0.05, 0.1) is 0 Å². The van der Waals surface area contributed by atoms with Gasteiger partial charge in [-0.2, -0.15) is 0 Å². The van der Waals surface area contributed by atoms with E-state index in [4.69, 9.17) is 4.42 Å². The van der Waals surface area contributed by atoms with E-state index in [2.05, 4.69) is 10.6 Å². The van der Waals surface area contributed by atoms with Crippen molar-refractivity contribution in [1.82, 2.24) is 0 Å². The number of furan rings is 1. The van der Waals surface area contributed by atoms with Gasteiger partial charge in [0.1, 0.15) is 17.1 Å². The van der Waals surface area contributed by atoms with Gasteiger partial charge in [0.15, 0.2) is 0 Å². The molecule has 1 saturated carbocycles. The van der Waals surface area contributed by atoms with Crippen LogP contribution in [0.5, 0.6) is 0 Å². The Morgan fingerprint density at radius 3 is 2.61 bits per heavy atom. The van der Waals surface area contributed by atoms with E-state index in [0.29, 0.717) is 34.7 Å². The van der Waals surface area contributed by atoms with Gasteiger partial charge in [-0.1, -0.05) is 31.0 Å². The van der Waals surface area contributed by atoms with Gasteiger partial charge in [-0.05, 0) is 49.1 Å². The highest BCUT2D eigenvalue weighted by Crippen LogP contribution is 2.33. The summed E-state index contributed by atoms with van der Waals surface area (Å²) in [6, 6.07) is 12.8. The lowest BCUT2D eigenvalue weighted by Gasteiger charge is -2.10. The first kappa shape index (κ1) is 18.2. The molecule has 28 heavy (non-hydrogen) atoms. The summed E-state index contributed by atoms with van der Waals surface area (Å²) in [6.45, 7) is 0. The van der Waals surface area contributed by atoms with Gasteiger partial charge in [0, 0.05) is 17.5 Å². The van der Waals surface area contributed by atoms with Gasteiger partial charge in [-0.15, -0.1) is 0 Å². The number of hydrogen-bond donors (Lipinski definition) is 2. The largest absolute Gasteiger partial charge is 0.449 e. The molecular weight excluding hydrogens is 359 g/mol. The van der Waals surface area contributed by atoms with Crippen LogP contribution in [0.4, 0.5) is 15.8 Å². The highest BCUT2D eigenvalue weighted by Gasteiger charge is 2.24. The smallest absolute Gasteiger partial charge is 0.293 e. The van der Waals surface area contributed by atoms with Crippen LogP contribution in [0.1, 0.15) is 42.7 Å². The van der Waals surface area contributed by atoms with Crippen molar-refractivity contribution in [3.8, 4) is 0 Å². The maximum atomic E-state index is 13.4. The number of halogens is 1. The molecule has 0 saturated heterocycles. The normalized spacial score (nSPS) is 14.3. The van der Waals surface area contributed by atoms with E-state index in [1.165, 1.54) is 18.2 Å². The van der Waals surface area contributed by atoms with Crippen LogP contribution in [0.15, 0.2) is 52.9 Å². The fourth-order valence-corrected chi connectivity index (χ4v) is 3.75. The quantitative estimate of drug-likeness (QED) is 0.627. The number of carbonyl (C=O) groups is 2. The Morgan fingerprint density at radius 1 is 1.04 bits per heavy atom. The summed E-state index contributed by atoms with van der Waals surface area (Å²) in [7, 11) is 0. The van der Waals surface area contributed by atoms with Gasteiger partial charge < -0.3 is 15.1 Å². The monoisotopic (exact) mass is 380 g/mol. The van der Waals surface area contributed by atoms with Crippen LogP contribution >= 0.6 is 0 Å². The first-order valence-corrected chi connectivity index (χ1v) is 9.48. The molecule has 1 aliphatic rings. The molecule has 1 aliphatic carbocycles. The average Bonchev–Trinajstić information content (AvgIpc) is 3.30. The predicted molar refractivity (Wildman–Crippen MR) is 106 cm³/mol. The molecule has 0 bridgehead atoms. The Kier molecular flexibility index (Phi) is 5.10. The van der Waals surface area contributed by atoms with Crippen molar-refractivity contribution in [3.63, 3.8) is 0 Å². The van der Waals surface area contributed by atoms with Gasteiger partial charge >= 0.3 is 0 Å². The number of anilines is 2. The number of carbonyl (C=O) groups excluding carboxylic acids is 2. The topological polar surface area (TPSA) is 71.3 Å². The van der Waals surface area contributed by atoms with Crippen LogP contribution in [0.2, 0.25) is 0 Å². The second kappa shape index (κ2) is 7.84. The second-order valence-electron chi connectivity index (χ2n) is 7.17. The summed E-state index contributed by atoms with van der Waals surface area (Å²) in [6.07, 6.45) is 4.88. The molecule has 2 aromatic carbocycles. The minimum absolute atomic E-state index is 0.00485. The van der Waals surface area contributed by atoms with Crippen LogP contribution in [0, 0.1) is 11.7 Å². The molecule has 1 heterocycles. The van der Waals surface area contributed by atoms with Gasteiger partial charge in [-0.25, -0.2) is 4.39 Å². The maximum Gasteiger partial charge on any atom is 0.293 e. The first-order chi connectivity index (χ1) is 13.6. The highest BCUT2D eigenvalue weighted by molar-refractivity contribution is 6.14. The molecule has 0 spiro atoms. The van der Waals surface area contributed by atoms with Crippen molar-refractivity contribution < 1.29 is 18.4 Å². The van der Waals surface area contributed by atoms with Crippen molar-refractivity contribution in [2.24, 2.45) is 5.92 Å². The zero-order chi connectivity index (χ0) is 19.5. The Balaban J connectivity index is 1.60. The van der Waals surface area contributed by atoms with Crippen LogP contribution < -0.4 is 10.6 Å². The molecule has 6 heteroatoms. The third-order valence-electron chi connectivity index (χ3n) is 5.10. The van der Waals surface area contributed by atoms with Gasteiger partial charge in [0.25, 0.3) is 5.91 Å². The van der Waals surface area contributed by atoms with Gasteiger partial charge in [0.2, 0.25) is 11.7 Å². The van der Waals surface area contributed by atoms with E-state index in [9.17, 15) is 14.0 Å². The SMILES string of the molecule is O=C(CC1CCCC1)Nc1c(C(=O)Nc2cccc(F)c2)oc2ccccc12. The zero-order valence-corrected chi connectivity index (χ0v) is 15.3. The third-order valence-corrected chi connectivity index (χ3v) is 5.10. The predicted octanol–water partition coefficient (Wildman–Crippen LogP) is 5.34. The van der Waals surface area contributed by atoms with Crippen LogP contribution in [-0.2, 0) is 4.79 Å². The van der Waals surface area contributed by atoms with Crippen molar-refractivity contribution >= 4 is 34.2 Å². The number of hydrogen-bond acceptors (Lipinski definition) is 3. The second-order valence-corrected chi connectivity index (χ2v) is 7.17. The third kappa shape index (κ3) is 3.91. The molecule has 0 radical (unpaired) electrons. The van der Waals surface area contributed by atoms with E-state index in [0.717, 1.165) is 25.7 Å². The Morgan fingerprint density at radius 2 is 1.82 bits per heavy atom. The first-order valence-electron chi connectivity index (χ1n) is 9.48. The molecule has 144 valence electrons. The minimum atomic E-state index is -0.544. The average molecular weight is 380 g/mol. The summed E-state index contributed by atoms with van der Waals surface area (Å²) in [5, 5.41) is 6.15. The van der Waals surface area contributed by atoms with E-state index in [-0.39, 0.29) is 11.7 Å². The molecular formula is C22H21FN2O3. The van der Waals surface area contributed by atoms with E-state index >= 15 is 0 Å². The molecule has 0 unspecified atom stereocenters. The fraction of sp³-hybridized carbons (Fsp3) is 0.273. The Labute approximate surface area is 161 Å². The molecule has 1 aromatic heterocycles. The molecule has 1 fully saturated rings. The highest BCUT2D eigenvalue weighted by atomic mass is 19.1. The number of rotatable bonds is 5. The lowest BCUT2D eigenvalue weighted by atomic mass is 10.0. The fourth-order valence-electron chi connectivity index (χ4n) is 3.75. The van der Waals surface area contributed by atoms with Gasteiger partial charge in [-0.3, -0.25) is 9.59 Å². The molecule has 0 atom stereocenters. The van der Waals surface area contributed by atoms with Crippen molar-refractivity contribution in [2.45, 2.75) is 32.1 Å². The van der Waals surface area contributed by atoms with Crippen LogP contribution in [-0.4, -0.2) is 11.8 Å². The lowest BCUT2D eigenvalue weighted by Crippen LogP contribution is -2.18. The van der Waals surface area contributed by atoms with Crippen LogP contribution in [0.3, 0.4) is 0 Å². The Bertz CT molecular complexity index is 1020. The molecule has 5 nitrogen and oxygen atoms in total. The molecule has 2 amide bonds. The number of para-hydroxylation sites is 1. The van der Waals surface area contributed by atoms with Crippen molar-refractivity contribution in [2.75, 3.05) is 10.6 Å². The van der Waals surface area contributed by atoms with E-state index < -0.39 is 11.7 Å². The molecule has 4 rings (SSSR count). The minimum Gasteiger partial charge on any atom is -0.449 e. The van der Waals surface area contributed by atoms with E-state index in [1.54, 1.807) is 24.3 Å². The number of benzene rings is 2. The summed E-state index contributed by atoms with van der Waals surface area (Å²) in [5.74, 6) is -0.725. The molecule has 2 N–H and O–H groups in total. The zero-order valence-electron chi connectivity index (χ0n) is 15.3. The maximum absolute atomic E-state index is 13.4. The molecule has 0 aliphatic heterocycles. The summed E-state index contributed by atoms with van der Waals surface area (Å²) in [5.41, 5.74) is 1.17. The van der Waals surface area contributed by atoms with Crippen molar-refractivity contribution in [1.29, 1.82) is 0 Å². The summed E-state index contributed by atoms with van der Waals surface area (Å²) < 4.78 is 19.1. The van der Waals surface area contributed by atoms with Crippen LogP contribution in [0.25, 0.3) is 11.0 Å². The van der Waals surface area contributed by atoms with E-state index in [1.807, 2.05) is 6.07 Å². The number of amides is 2. The standard InChI is InChI=1S/C22H21FN2O3/c23-15-8-5-9-16(13-15)24-22(27)21-20(17-10-3-4-11-18(17)28-21)25-19(26)12-14-6-1-2-7-14/h3-5,8-11,13-14H,1-2,6-7,12H2,(H,24,27)(H,25,26). The molecule has 3 aromatic rings. The lowest BCUT2D eigenvalue weighted by molar-refractivity contribution is -0.117.